The van der Waals surface area contributed by atoms with Gasteiger partial charge in [0.1, 0.15) is 5.15 Å². The molecule has 0 aliphatic heterocycles. The summed E-state index contributed by atoms with van der Waals surface area (Å²) in [5.41, 5.74) is 1.97. The summed E-state index contributed by atoms with van der Waals surface area (Å²) in [6.45, 7) is 0. The molecule has 0 saturated heterocycles. The van der Waals surface area contributed by atoms with Crippen molar-refractivity contribution >= 4 is 22.5 Å². The molecule has 4 nitrogen and oxygen atoms in total. The Balaban J connectivity index is 2.28. The maximum Gasteiger partial charge on any atom is 0.257 e. The number of rotatable bonds is 1. The number of nitrogens with one attached hydrogen (secondary N) is 1. The third-order valence-corrected chi connectivity index (χ3v) is 2.86. The molecule has 3 aromatic heterocycles. The Hall–Kier alpha value is -2.20. The van der Waals surface area contributed by atoms with Crippen molar-refractivity contribution in [1.82, 2.24) is 15.0 Å². The van der Waals surface area contributed by atoms with Crippen LogP contribution in [0.1, 0.15) is 0 Å². The van der Waals surface area contributed by atoms with Crippen LogP contribution in [-0.4, -0.2) is 15.0 Å². The zero-order valence-corrected chi connectivity index (χ0v) is 9.98. The third-order valence-electron chi connectivity index (χ3n) is 2.65. The minimum atomic E-state index is -0.163. The van der Waals surface area contributed by atoms with Gasteiger partial charge in [-0.3, -0.25) is 9.78 Å². The lowest BCUT2D eigenvalue weighted by Gasteiger charge is -2.03. The first-order chi connectivity index (χ1) is 8.74. The van der Waals surface area contributed by atoms with Gasteiger partial charge in [-0.2, -0.15) is 0 Å². The van der Waals surface area contributed by atoms with Crippen molar-refractivity contribution in [3.63, 3.8) is 0 Å². The standard InChI is InChI=1S/C13H8ClN3O/c14-12-6-8(3-5-16-12)10-7-11-9(13(18)17-10)2-1-4-15-11/h1-7H,(H,17,18). The van der Waals surface area contributed by atoms with Gasteiger partial charge in [-0.15, -0.1) is 0 Å². The quantitative estimate of drug-likeness (QED) is 0.682. The summed E-state index contributed by atoms with van der Waals surface area (Å²) in [5.74, 6) is 0. The predicted octanol–water partition coefficient (Wildman–Crippen LogP) is 2.64. The lowest BCUT2D eigenvalue weighted by atomic mass is 10.1. The maximum atomic E-state index is 11.9. The van der Waals surface area contributed by atoms with E-state index in [4.69, 9.17) is 11.6 Å². The smallest absolute Gasteiger partial charge is 0.257 e. The molecule has 88 valence electrons. The highest BCUT2D eigenvalue weighted by atomic mass is 35.5. The van der Waals surface area contributed by atoms with Gasteiger partial charge in [0.2, 0.25) is 0 Å². The fraction of sp³-hybridized carbons (Fsp3) is 0. The van der Waals surface area contributed by atoms with Crippen LogP contribution in [0.25, 0.3) is 22.2 Å². The summed E-state index contributed by atoms with van der Waals surface area (Å²) in [4.78, 5) is 22.8. The number of hydrogen-bond donors (Lipinski definition) is 1. The number of fused-ring (bicyclic) bond motifs is 1. The Morgan fingerprint density at radius 3 is 2.83 bits per heavy atom. The Labute approximate surface area is 107 Å². The van der Waals surface area contributed by atoms with E-state index in [1.165, 1.54) is 0 Å². The van der Waals surface area contributed by atoms with Crippen LogP contribution in [0.3, 0.4) is 0 Å². The number of aromatic nitrogens is 3. The molecule has 0 aliphatic carbocycles. The Morgan fingerprint density at radius 2 is 2.00 bits per heavy atom. The first kappa shape index (κ1) is 10.9. The maximum absolute atomic E-state index is 11.9. The van der Waals surface area contributed by atoms with Gasteiger partial charge in [0.15, 0.2) is 0 Å². The summed E-state index contributed by atoms with van der Waals surface area (Å²) in [6, 6.07) is 8.78. The molecule has 0 bridgehead atoms. The second-order valence-electron chi connectivity index (χ2n) is 3.82. The van der Waals surface area contributed by atoms with Crippen molar-refractivity contribution in [2.45, 2.75) is 0 Å². The van der Waals surface area contributed by atoms with E-state index < -0.39 is 0 Å². The highest BCUT2D eigenvalue weighted by Gasteiger charge is 2.05. The van der Waals surface area contributed by atoms with Crippen LogP contribution in [-0.2, 0) is 0 Å². The van der Waals surface area contributed by atoms with Gasteiger partial charge in [-0.25, -0.2) is 4.98 Å². The number of pyridine rings is 3. The summed E-state index contributed by atoms with van der Waals surface area (Å²) >= 11 is 5.83. The van der Waals surface area contributed by atoms with Gasteiger partial charge in [-0.05, 0) is 30.3 Å². The number of H-pyrrole nitrogens is 1. The van der Waals surface area contributed by atoms with Gasteiger partial charge < -0.3 is 4.98 Å². The normalized spacial score (nSPS) is 10.7. The van der Waals surface area contributed by atoms with Crippen LogP contribution in [0.2, 0.25) is 5.15 Å². The molecule has 0 spiro atoms. The molecule has 0 saturated carbocycles. The number of nitrogens with zero attached hydrogens (tertiary/aromatic N) is 2. The zero-order chi connectivity index (χ0) is 12.5. The molecule has 1 N–H and O–H groups in total. The molecule has 0 aliphatic rings. The second-order valence-corrected chi connectivity index (χ2v) is 4.20. The molecule has 5 heteroatoms. The molecular formula is C13H8ClN3O. The topological polar surface area (TPSA) is 58.6 Å². The van der Waals surface area contributed by atoms with Gasteiger partial charge in [0, 0.05) is 18.0 Å². The van der Waals surface area contributed by atoms with E-state index in [-0.39, 0.29) is 5.56 Å². The summed E-state index contributed by atoms with van der Waals surface area (Å²) in [6.07, 6.45) is 3.25. The SMILES string of the molecule is O=c1[nH]c(-c2ccnc(Cl)c2)cc2ncccc12. The molecule has 0 aromatic carbocycles. The minimum absolute atomic E-state index is 0.163. The van der Waals surface area contributed by atoms with Crippen molar-refractivity contribution in [3.8, 4) is 11.3 Å². The zero-order valence-electron chi connectivity index (χ0n) is 9.22. The fourth-order valence-corrected chi connectivity index (χ4v) is 1.99. The van der Waals surface area contributed by atoms with Crippen LogP contribution in [0.4, 0.5) is 0 Å². The first-order valence-corrected chi connectivity index (χ1v) is 5.72. The van der Waals surface area contributed by atoms with Crippen LogP contribution >= 0.6 is 11.6 Å². The molecule has 0 amide bonds. The average molecular weight is 258 g/mol. The Bertz CT molecular complexity index is 782. The van der Waals surface area contributed by atoms with E-state index in [2.05, 4.69) is 15.0 Å². The lowest BCUT2D eigenvalue weighted by molar-refractivity contribution is 1.24. The largest absolute Gasteiger partial charge is 0.321 e. The van der Waals surface area contributed by atoms with E-state index in [0.29, 0.717) is 21.7 Å². The molecule has 0 unspecified atom stereocenters. The van der Waals surface area contributed by atoms with E-state index in [1.54, 1.807) is 36.7 Å². The van der Waals surface area contributed by atoms with Crippen molar-refractivity contribution in [2.24, 2.45) is 0 Å². The molecule has 3 heterocycles. The Morgan fingerprint density at radius 1 is 1.11 bits per heavy atom. The van der Waals surface area contributed by atoms with E-state index in [1.807, 2.05) is 6.07 Å². The van der Waals surface area contributed by atoms with Gasteiger partial charge >= 0.3 is 0 Å². The molecule has 3 aromatic rings. The predicted molar refractivity (Wildman–Crippen MR) is 70.6 cm³/mol. The summed E-state index contributed by atoms with van der Waals surface area (Å²) < 4.78 is 0. The lowest BCUT2D eigenvalue weighted by Crippen LogP contribution is -2.07. The molecule has 0 radical (unpaired) electrons. The second kappa shape index (κ2) is 4.23. The van der Waals surface area contributed by atoms with Crippen molar-refractivity contribution < 1.29 is 0 Å². The van der Waals surface area contributed by atoms with Gasteiger partial charge in [0.05, 0.1) is 16.6 Å². The molecule has 18 heavy (non-hydrogen) atoms. The first-order valence-electron chi connectivity index (χ1n) is 5.34. The number of aromatic amines is 1. The van der Waals surface area contributed by atoms with Crippen LogP contribution in [0.15, 0.2) is 47.5 Å². The average Bonchev–Trinajstić information content (AvgIpc) is 2.39. The van der Waals surface area contributed by atoms with Crippen LogP contribution < -0.4 is 5.56 Å². The van der Waals surface area contributed by atoms with Crippen molar-refractivity contribution in [3.05, 3.63) is 58.2 Å². The van der Waals surface area contributed by atoms with Crippen molar-refractivity contribution in [1.29, 1.82) is 0 Å². The highest BCUT2D eigenvalue weighted by Crippen LogP contribution is 2.20. The molecule has 3 rings (SSSR count). The summed E-state index contributed by atoms with van der Waals surface area (Å²) in [5, 5.41) is 0.955. The number of hydrogen-bond acceptors (Lipinski definition) is 3. The minimum Gasteiger partial charge on any atom is -0.321 e. The van der Waals surface area contributed by atoms with Crippen LogP contribution in [0, 0.1) is 0 Å². The Kier molecular flexibility index (Phi) is 2.57. The van der Waals surface area contributed by atoms with Crippen LogP contribution in [0.5, 0.6) is 0 Å². The molecular weight excluding hydrogens is 250 g/mol. The highest BCUT2D eigenvalue weighted by molar-refractivity contribution is 6.29. The van der Waals surface area contributed by atoms with E-state index >= 15 is 0 Å². The monoisotopic (exact) mass is 257 g/mol. The fourth-order valence-electron chi connectivity index (χ4n) is 1.81. The van der Waals surface area contributed by atoms with Crippen molar-refractivity contribution in [2.75, 3.05) is 0 Å². The van der Waals surface area contributed by atoms with E-state index in [0.717, 1.165) is 5.56 Å². The number of halogens is 1. The molecule has 0 fully saturated rings. The molecule has 0 atom stereocenters. The van der Waals surface area contributed by atoms with Gasteiger partial charge in [-0.1, -0.05) is 11.6 Å². The summed E-state index contributed by atoms with van der Waals surface area (Å²) in [7, 11) is 0. The van der Waals surface area contributed by atoms with E-state index in [9.17, 15) is 4.79 Å². The van der Waals surface area contributed by atoms with Gasteiger partial charge in [0.25, 0.3) is 5.56 Å². The third kappa shape index (κ3) is 1.87.